The molecule has 0 atom stereocenters. The number of quaternary nitrogens is 1. The van der Waals surface area contributed by atoms with Crippen LogP contribution in [0.15, 0.2) is 12.7 Å². The summed E-state index contributed by atoms with van der Waals surface area (Å²) < 4.78 is 115. The van der Waals surface area contributed by atoms with Crippen LogP contribution < -0.4 is 0 Å². The largest absolute Gasteiger partial charge is 0.480 e. The molecule has 0 aromatic rings. The van der Waals surface area contributed by atoms with Gasteiger partial charge in [-0.2, -0.15) is 26.3 Å². The van der Waals surface area contributed by atoms with Gasteiger partial charge in [0.2, 0.25) is 0 Å². The normalized spacial score (nSPS) is 13.8. The Labute approximate surface area is 141 Å². The van der Waals surface area contributed by atoms with Crippen LogP contribution in [0.1, 0.15) is 0 Å². The minimum absolute atomic E-state index is 0.667. The third-order valence-electron chi connectivity index (χ3n) is 1.92. The summed E-state index contributed by atoms with van der Waals surface area (Å²) >= 11 is 0. The van der Waals surface area contributed by atoms with Crippen molar-refractivity contribution in [3.05, 3.63) is 16.8 Å². The van der Waals surface area contributed by atoms with Crippen molar-refractivity contribution in [2.45, 2.75) is 11.0 Å². The summed E-state index contributed by atoms with van der Waals surface area (Å²) in [6.07, 6.45) is 1.77. The average molecular weight is 424 g/mol. The van der Waals surface area contributed by atoms with Crippen LogP contribution in [0.25, 0.3) is 4.13 Å². The Bertz CT molecular complexity index is 578. The van der Waals surface area contributed by atoms with E-state index in [2.05, 4.69) is 27.7 Å². The van der Waals surface area contributed by atoms with E-state index >= 15 is 0 Å². The van der Waals surface area contributed by atoms with Crippen molar-refractivity contribution in [1.29, 1.82) is 0 Å². The van der Waals surface area contributed by atoms with Crippen LogP contribution in [0.4, 0.5) is 26.3 Å². The van der Waals surface area contributed by atoms with E-state index < -0.39 is 31.1 Å². The van der Waals surface area contributed by atoms with Gasteiger partial charge in [-0.05, 0) is 0 Å². The molecule has 152 valence electrons. The fraction of sp³-hybridized carbons (Fsp3) is 0.800. The molecule has 0 rings (SSSR count). The number of sulfonamides is 2. The molecule has 0 radical (unpaired) electrons. The lowest BCUT2D eigenvalue weighted by atomic mass is 10.5. The van der Waals surface area contributed by atoms with E-state index in [1.165, 1.54) is 0 Å². The van der Waals surface area contributed by atoms with Gasteiger partial charge in [0.05, 0.1) is 34.4 Å². The number of nitrogens with zero attached hydrogens (tertiary/aromatic N) is 2. The first-order chi connectivity index (χ1) is 10.8. The van der Waals surface area contributed by atoms with Crippen molar-refractivity contribution in [2.75, 3.05) is 40.9 Å². The molecular formula is C10H18F6N2O5S2. The number of hydrogen-bond donors (Lipinski definition) is 0. The second-order valence-corrected chi connectivity index (χ2v) is 8.72. The minimum Gasteiger partial charge on any atom is -0.421 e. The minimum atomic E-state index is -6.72. The predicted octanol–water partition coefficient (Wildman–Crippen LogP) is 1.95. The molecule has 0 bridgehead atoms. The second-order valence-electron chi connectivity index (χ2n) is 5.29. The van der Waals surface area contributed by atoms with E-state index in [1.807, 2.05) is 0 Å². The van der Waals surface area contributed by atoms with Crippen molar-refractivity contribution in [3.63, 3.8) is 0 Å². The smallest absolute Gasteiger partial charge is 0.421 e. The van der Waals surface area contributed by atoms with Crippen molar-refractivity contribution in [3.8, 4) is 0 Å². The summed E-state index contributed by atoms with van der Waals surface area (Å²) in [4.78, 5) is 0. The Morgan fingerprint density at radius 2 is 1.32 bits per heavy atom. The van der Waals surface area contributed by atoms with E-state index in [0.29, 0.717) is 6.61 Å². The Hall–Kier alpha value is -0.900. The lowest BCUT2D eigenvalue weighted by Crippen LogP contribution is -2.37. The van der Waals surface area contributed by atoms with Gasteiger partial charge in [0.1, 0.15) is 6.54 Å². The zero-order chi connectivity index (χ0) is 20.7. The van der Waals surface area contributed by atoms with Crippen LogP contribution in [-0.2, 0) is 24.8 Å². The van der Waals surface area contributed by atoms with Gasteiger partial charge in [-0.25, -0.2) is 16.8 Å². The quantitative estimate of drug-likeness (QED) is 0.270. The Kier molecular flexibility index (Phi) is 9.64. The standard InChI is InChI=1S/C8H18NO.C2F6NO4S2/c1-5-7-10-8-6-9(2,3)4;3-1(4,5)14(10,11)9-15(12,13)2(6,7)8/h5H,1,6-8H2,2-4H3;/q+1;-1. The second kappa shape index (κ2) is 9.16. The summed E-state index contributed by atoms with van der Waals surface area (Å²) in [6, 6.07) is 0. The lowest BCUT2D eigenvalue weighted by molar-refractivity contribution is -0.870. The Morgan fingerprint density at radius 1 is 0.960 bits per heavy atom. The predicted molar refractivity (Wildman–Crippen MR) is 77.2 cm³/mol. The average Bonchev–Trinajstić information content (AvgIpc) is 2.30. The van der Waals surface area contributed by atoms with Crippen LogP contribution in [0, 0.1) is 0 Å². The molecular weight excluding hydrogens is 406 g/mol. The molecule has 0 aliphatic rings. The van der Waals surface area contributed by atoms with E-state index in [4.69, 9.17) is 4.74 Å². The fourth-order valence-corrected chi connectivity index (χ4v) is 2.43. The first-order valence-electron chi connectivity index (χ1n) is 6.13. The maximum absolute atomic E-state index is 11.4. The van der Waals surface area contributed by atoms with E-state index in [9.17, 15) is 43.2 Å². The van der Waals surface area contributed by atoms with Crippen molar-refractivity contribution in [2.24, 2.45) is 0 Å². The number of rotatable bonds is 7. The van der Waals surface area contributed by atoms with Gasteiger partial charge in [0.25, 0.3) is 0 Å². The third kappa shape index (κ3) is 11.4. The van der Waals surface area contributed by atoms with Crippen molar-refractivity contribution in [1.82, 2.24) is 0 Å². The highest BCUT2D eigenvalue weighted by Gasteiger charge is 2.46. The molecule has 0 aromatic heterocycles. The summed E-state index contributed by atoms with van der Waals surface area (Å²) in [5.74, 6) is 0. The molecule has 0 heterocycles. The van der Waals surface area contributed by atoms with E-state index in [1.54, 1.807) is 6.08 Å². The molecule has 0 unspecified atom stereocenters. The zero-order valence-corrected chi connectivity index (χ0v) is 15.1. The number of alkyl halides is 6. The van der Waals surface area contributed by atoms with Gasteiger partial charge in [-0.1, -0.05) is 6.08 Å². The molecule has 0 spiro atoms. The van der Waals surface area contributed by atoms with Crippen LogP contribution >= 0.6 is 0 Å². The molecule has 0 N–H and O–H groups in total. The summed E-state index contributed by atoms with van der Waals surface area (Å²) in [5, 5.41) is 0. The van der Waals surface area contributed by atoms with E-state index in [-0.39, 0.29) is 0 Å². The van der Waals surface area contributed by atoms with Gasteiger partial charge in [0.15, 0.2) is 20.0 Å². The van der Waals surface area contributed by atoms with Gasteiger partial charge in [-0.15, -0.1) is 6.58 Å². The SMILES string of the molecule is C=CCOCC[N+](C)(C)C.O=S(=O)([N-]S(=O)(=O)C(F)(F)F)C(F)(F)F. The number of ether oxygens (including phenoxy) is 1. The highest BCUT2D eigenvalue weighted by molar-refractivity contribution is 8.13. The number of halogens is 6. The summed E-state index contributed by atoms with van der Waals surface area (Å²) in [6.45, 7) is 6.10. The van der Waals surface area contributed by atoms with Crippen LogP contribution in [-0.4, -0.2) is 73.2 Å². The van der Waals surface area contributed by atoms with Gasteiger partial charge in [0, 0.05) is 0 Å². The zero-order valence-electron chi connectivity index (χ0n) is 13.4. The van der Waals surface area contributed by atoms with Gasteiger partial charge < -0.3 is 13.3 Å². The van der Waals surface area contributed by atoms with E-state index in [0.717, 1.165) is 21.8 Å². The molecule has 15 heteroatoms. The van der Waals surface area contributed by atoms with Crippen LogP contribution in [0.3, 0.4) is 0 Å². The van der Waals surface area contributed by atoms with Crippen LogP contribution in [0.2, 0.25) is 0 Å². The third-order valence-corrected chi connectivity index (χ3v) is 4.66. The summed E-state index contributed by atoms with van der Waals surface area (Å²) in [7, 11) is -6.99. The maximum Gasteiger partial charge on any atom is 0.480 e. The van der Waals surface area contributed by atoms with Gasteiger partial charge >= 0.3 is 11.0 Å². The fourth-order valence-electron chi connectivity index (χ4n) is 0.719. The first kappa shape index (κ1) is 26.3. The Balaban J connectivity index is 0. The van der Waals surface area contributed by atoms with Crippen LogP contribution in [0.5, 0.6) is 0 Å². The van der Waals surface area contributed by atoms with Crippen molar-refractivity contribution >= 4 is 20.0 Å². The molecule has 0 aliphatic carbocycles. The maximum atomic E-state index is 11.4. The molecule has 7 nitrogen and oxygen atoms in total. The lowest BCUT2D eigenvalue weighted by Gasteiger charge is -2.23. The van der Waals surface area contributed by atoms with Crippen molar-refractivity contribution < 1.29 is 52.4 Å². The molecule has 0 fully saturated rings. The molecule has 0 amide bonds. The molecule has 0 aromatic carbocycles. The Morgan fingerprint density at radius 3 is 1.56 bits per heavy atom. The first-order valence-corrected chi connectivity index (χ1v) is 9.01. The topological polar surface area (TPSA) is 91.6 Å². The molecule has 25 heavy (non-hydrogen) atoms. The number of likely N-dealkylation sites (N-methyl/N-ethyl adjacent to an activating group) is 1. The summed E-state index contributed by atoms with van der Waals surface area (Å²) in [5.41, 5.74) is -12.4. The highest BCUT2D eigenvalue weighted by atomic mass is 32.3. The highest BCUT2D eigenvalue weighted by Crippen LogP contribution is 2.36. The van der Waals surface area contributed by atoms with Gasteiger partial charge in [-0.3, -0.25) is 0 Å². The molecule has 0 saturated heterocycles. The number of hydrogen-bond acceptors (Lipinski definition) is 5. The molecule has 0 aliphatic heterocycles. The monoisotopic (exact) mass is 424 g/mol. The molecule has 0 saturated carbocycles.